The number of nitrogens with two attached hydrogens (primary N) is 1. The van der Waals surface area contributed by atoms with Gasteiger partial charge in [-0.15, -0.1) is 0 Å². The lowest BCUT2D eigenvalue weighted by atomic mass is 10.1. The quantitative estimate of drug-likeness (QED) is 0.212. The molecule has 8 nitrogen and oxygen atoms in total. The molecule has 3 aromatic carbocycles. The fraction of sp³-hybridized carbons (Fsp3) is 0. The van der Waals surface area contributed by atoms with Crippen LogP contribution < -0.4 is 11.3 Å². The zero-order chi connectivity index (χ0) is 18.5. The third-order valence-electron chi connectivity index (χ3n) is 4.16. The van der Waals surface area contributed by atoms with Crippen molar-refractivity contribution in [3.05, 3.63) is 48.5 Å². The van der Waals surface area contributed by atoms with Gasteiger partial charge in [0.1, 0.15) is 11.6 Å². The Labute approximate surface area is 148 Å². The number of nitrogens with one attached hydrogen (secondary N) is 2. The molecule has 0 amide bonds. The van der Waals surface area contributed by atoms with E-state index in [1.165, 1.54) is 6.07 Å². The third-order valence-corrected chi connectivity index (χ3v) is 4.99. The summed E-state index contributed by atoms with van der Waals surface area (Å²) in [5.41, 5.74) is 5.25. The van der Waals surface area contributed by atoms with Gasteiger partial charge in [0, 0.05) is 28.1 Å². The van der Waals surface area contributed by atoms with Crippen molar-refractivity contribution in [2.45, 2.75) is 4.90 Å². The van der Waals surface area contributed by atoms with E-state index in [0.717, 1.165) is 17.3 Å². The van der Waals surface area contributed by atoms with E-state index < -0.39 is 10.1 Å². The van der Waals surface area contributed by atoms with Crippen LogP contribution in [0.2, 0.25) is 0 Å². The smallest absolute Gasteiger partial charge is 0.294 e. The zero-order valence-electron chi connectivity index (χ0n) is 13.3. The van der Waals surface area contributed by atoms with Crippen LogP contribution in [0.5, 0.6) is 5.75 Å². The first kappa shape index (κ1) is 16.3. The molecular formula is C17H14N4O4S. The second-order valence-electron chi connectivity index (χ2n) is 5.78. The molecule has 4 aromatic rings. The summed E-state index contributed by atoms with van der Waals surface area (Å²) < 4.78 is 32.2. The molecule has 0 saturated carbocycles. The molecule has 0 saturated heterocycles. The maximum Gasteiger partial charge on any atom is 0.294 e. The van der Waals surface area contributed by atoms with Gasteiger partial charge in [0.05, 0.1) is 15.9 Å². The maximum atomic E-state index is 11.5. The number of nitrogens with zero attached hydrogens (tertiary/aromatic N) is 1. The van der Waals surface area contributed by atoms with E-state index in [-0.39, 0.29) is 10.6 Å². The van der Waals surface area contributed by atoms with Gasteiger partial charge >= 0.3 is 0 Å². The fourth-order valence-electron chi connectivity index (χ4n) is 2.88. The molecule has 6 N–H and O–H groups in total. The van der Waals surface area contributed by atoms with Crippen molar-refractivity contribution in [1.82, 2.24) is 9.97 Å². The van der Waals surface area contributed by atoms with E-state index in [2.05, 4.69) is 15.4 Å². The summed E-state index contributed by atoms with van der Waals surface area (Å²) in [5.74, 6) is 5.69. The lowest BCUT2D eigenvalue weighted by molar-refractivity contribution is 0.471. The highest BCUT2D eigenvalue weighted by Crippen LogP contribution is 2.34. The molecule has 0 aliphatic carbocycles. The topological polar surface area (TPSA) is 141 Å². The number of benzene rings is 3. The summed E-state index contributed by atoms with van der Waals surface area (Å²) in [7, 11) is -4.45. The van der Waals surface area contributed by atoms with E-state index in [9.17, 15) is 18.1 Å². The van der Waals surface area contributed by atoms with Crippen LogP contribution in [-0.4, -0.2) is 28.0 Å². The lowest BCUT2D eigenvalue weighted by Gasteiger charge is -2.05. The Hall–Kier alpha value is -3.14. The highest BCUT2D eigenvalue weighted by Gasteiger charge is 2.16. The molecular weight excluding hydrogens is 356 g/mol. The minimum Gasteiger partial charge on any atom is -0.507 e. The number of aromatic amines is 1. The van der Waals surface area contributed by atoms with Crippen molar-refractivity contribution in [3.63, 3.8) is 0 Å². The monoisotopic (exact) mass is 370 g/mol. The molecule has 0 radical (unpaired) electrons. The van der Waals surface area contributed by atoms with E-state index in [4.69, 9.17) is 5.84 Å². The van der Waals surface area contributed by atoms with Crippen molar-refractivity contribution in [2.75, 3.05) is 5.43 Å². The molecule has 132 valence electrons. The van der Waals surface area contributed by atoms with Crippen molar-refractivity contribution < 1.29 is 18.1 Å². The van der Waals surface area contributed by atoms with Crippen LogP contribution in [0.3, 0.4) is 0 Å². The highest BCUT2D eigenvalue weighted by molar-refractivity contribution is 7.85. The van der Waals surface area contributed by atoms with E-state index in [1.54, 1.807) is 24.3 Å². The molecule has 0 atom stereocenters. The summed E-state index contributed by atoms with van der Waals surface area (Å²) in [6.07, 6.45) is 0. The van der Waals surface area contributed by atoms with Crippen molar-refractivity contribution in [2.24, 2.45) is 5.84 Å². The fourth-order valence-corrected chi connectivity index (χ4v) is 3.41. The Bertz CT molecular complexity index is 1250. The largest absolute Gasteiger partial charge is 0.507 e. The van der Waals surface area contributed by atoms with Crippen LogP contribution in [0.4, 0.5) is 5.69 Å². The summed E-state index contributed by atoms with van der Waals surface area (Å²) in [6.45, 7) is 0. The van der Waals surface area contributed by atoms with Gasteiger partial charge in [-0.05, 0) is 42.5 Å². The number of fused-ring (bicyclic) bond motifs is 3. The molecule has 9 heteroatoms. The summed E-state index contributed by atoms with van der Waals surface area (Å²) in [4.78, 5) is 7.27. The molecule has 4 rings (SSSR count). The number of imidazole rings is 1. The molecule has 0 fully saturated rings. The van der Waals surface area contributed by atoms with Crippen LogP contribution in [-0.2, 0) is 10.1 Å². The number of hydrogen-bond donors (Lipinski definition) is 5. The first-order valence-corrected chi connectivity index (χ1v) is 9.01. The Kier molecular flexibility index (Phi) is 3.58. The predicted molar refractivity (Wildman–Crippen MR) is 98.3 cm³/mol. The van der Waals surface area contributed by atoms with Crippen molar-refractivity contribution >= 4 is 37.6 Å². The summed E-state index contributed by atoms with van der Waals surface area (Å²) in [5, 5.41) is 11.0. The lowest BCUT2D eigenvalue weighted by Crippen LogP contribution is -2.05. The minimum atomic E-state index is -4.45. The standard InChI is InChI=1S/C17H14N4O4S/c18-21-10-3-1-9(2-4-10)17-19-14-6-5-12-13(16(14)20-17)7-11(8-15(12)22)26(23,24)25/h1-8,21-22H,18H2,(H,19,20)(H,23,24,25). The number of aromatic nitrogens is 2. The third kappa shape index (κ3) is 2.64. The number of anilines is 1. The van der Waals surface area contributed by atoms with Gasteiger partial charge in [0.15, 0.2) is 0 Å². The van der Waals surface area contributed by atoms with Crippen LogP contribution >= 0.6 is 0 Å². The number of nitrogen functional groups attached to an aromatic ring is 1. The van der Waals surface area contributed by atoms with Crippen LogP contribution in [0.1, 0.15) is 0 Å². The molecule has 26 heavy (non-hydrogen) atoms. The van der Waals surface area contributed by atoms with Gasteiger partial charge in [-0.2, -0.15) is 8.42 Å². The number of hydrazine groups is 1. The second kappa shape index (κ2) is 5.70. The van der Waals surface area contributed by atoms with Gasteiger partial charge in [0.25, 0.3) is 10.1 Å². The molecule has 0 unspecified atom stereocenters. The normalized spacial score (nSPS) is 11.9. The first-order chi connectivity index (χ1) is 12.4. The molecule has 1 heterocycles. The van der Waals surface area contributed by atoms with Crippen molar-refractivity contribution in [3.8, 4) is 17.1 Å². The first-order valence-electron chi connectivity index (χ1n) is 7.57. The molecule has 0 spiro atoms. The Morgan fingerprint density at radius 3 is 2.42 bits per heavy atom. The highest BCUT2D eigenvalue weighted by atomic mass is 32.2. The van der Waals surface area contributed by atoms with Gasteiger partial charge in [-0.25, -0.2) is 4.98 Å². The van der Waals surface area contributed by atoms with Crippen molar-refractivity contribution in [1.29, 1.82) is 0 Å². The second-order valence-corrected chi connectivity index (χ2v) is 7.20. The van der Waals surface area contributed by atoms with E-state index >= 15 is 0 Å². The maximum absolute atomic E-state index is 11.5. The molecule has 1 aromatic heterocycles. The number of phenols is 1. The number of H-pyrrole nitrogens is 1. The SMILES string of the molecule is NNc1ccc(-c2nc3ccc4c(O)cc(S(=O)(=O)O)cc4c3[nH]2)cc1. The minimum absolute atomic E-state index is 0.244. The molecule has 0 bridgehead atoms. The van der Waals surface area contributed by atoms with Crippen LogP contribution in [0, 0.1) is 0 Å². The average molecular weight is 370 g/mol. The van der Waals surface area contributed by atoms with Crippen LogP contribution in [0.15, 0.2) is 53.4 Å². The van der Waals surface area contributed by atoms with Gasteiger partial charge in [-0.1, -0.05) is 0 Å². The number of hydrogen-bond acceptors (Lipinski definition) is 6. The Morgan fingerprint density at radius 1 is 1.04 bits per heavy atom. The molecule has 0 aliphatic rings. The number of aromatic hydroxyl groups is 1. The Morgan fingerprint density at radius 2 is 1.77 bits per heavy atom. The zero-order valence-corrected chi connectivity index (χ0v) is 14.1. The van der Waals surface area contributed by atoms with Gasteiger partial charge < -0.3 is 15.5 Å². The number of phenolic OH excluding ortho intramolecular Hbond substituents is 1. The summed E-state index contributed by atoms with van der Waals surface area (Å²) in [6, 6.07) is 12.9. The van der Waals surface area contributed by atoms with Gasteiger partial charge in [-0.3, -0.25) is 10.4 Å². The Balaban J connectivity index is 1.97. The average Bonchev–Trinajstić information content (AvgIpc) is 3.05. The summed E-state index contributed by atoms with van der Waals surface area (Å²) >= 11 is 0. The molecule has 0 aliphatic heterocycles. The van der Waals surface area contributed by atoms with E-state index in [1.807, 2.05) is 12.1 Å². The van der Waals surface area contributed by atoms with Gasteiger partial charge in [0.2, 0.25) is 0 Å². The van der Waals surface area contributed by atoms with E-state index in [0.29, 0.717) is 27.6 Å². The van der Waals surface area contributed by atoms with Crippen LogP contribution in [0.25, 0.3) is 33.2 Å². The predicted octanol–water partition coefficient (Wildman–Crippen LogP) is 2.62. The number of rotatable bonds is 3.